The van der Waals surface area contributed by atoms with Crippen molar-refractivity contribution in [3.8, 4) is 0 Å². The van der Waals surface area contributed by atoms with Gasteiger partial charge in [-0.1, -0.05) is 0 Å². The van der Waals surface area contributed by atoms with Crippen LogP contribution >= 0.6 is 0 Å². The highest BCUT2D eigenvalue weighted by Crippen LogP contribution is 2.45. The molecule has 1 amide bonds. The summed E-state index contributed by atoms with van der Waals surface area (Å²) in [5.41, 5.74) is 2.91. The topological polar surface area (TPSA) is 77.4 Å². The van der Waals surface area contributed by atoms with Crippen LogP contribution in [0, 0.1) is 6.92 Å². The van der Waals surface area contributed by atoms with Crippen molar-refractivity contribution in [2.24, 2.45) is 0 Å². The molecule has 27 heavy (non-hydrogen) atoms. The van der Waals surface area contributed by atoms with Gasteiger partial charge in [0, 0.05) is 30.8 Å². The summed E-state index contributed by atoms with van der Waals surface area (Å²) in [6.45, 7) is 11.0. The standard InChI is InChI=1S/C20H32N4O3/c1-14-15-11-21-10-5-16(15)24(23-14)12-20-8-6-19(7-9-20,13-26-20)22-17(25)27-18(2,3)4/h21H,5-13H2,1-4H3,(H,22,25). The zero-order valence-corrected chi connectivity index (χ0v) is 17.0. The van der Waals surface area contributed by atoms with Crippen molar-refractivity contribution in [2.45, 2.75) is 89.6 Å². The number of rotatable bonds is 3. The highest BCUT2D eigenvalue weighted by atomic mass is 16.6. The van der Waals surface area contributed by atoms with Gasteiger partial charge in [-0.2, -0.15) is 5.10 Å². The molecule has 1 aromatic rings. The first-order chi connectivity index (χ1) is 12.7. The van der Waals surface area contributed by atoms with E-state index in [0.717, 1.165) is 57.4 Å². The van der Waals surface area contributed by atoms with Crippen LogP contribution in [0.4, 0.5) is 4.79 Å². The number of carbonyl (C=O) groups is 1. The van der Waals surface area contributed by atoms with Crippen LogP contribution in [0.2, 0.25) is 0 Å². The van der Waals surface area contributed by atoms with Crippen LogP contribution < -0.4 is 10.6 Å². The fraction of sp³-hybridized carbons (Fsp3) is 0.800. The minimum absolute atomic E-state index is 0.158. The molecule has 2 saturated heterocycles. The fourth-order valence-electron chi connectivity index (χ4n) is 4.65. The van der Waals surface area contributed by atoms with Crippen molar-refractivity contribution in [1.29, 1.82) is 0 Å². The van der Waals surface area contributed by atoms with Gasteiger partial charge in [0.25, 0.3) is 0 Å². The van der Waals surface area contributed by atoms with E-state index in [0.29, 0.717) is 6.61 Å². The quantitative estimate of drug-likeness (QED) is 0.847. The summed E-state index contributed by atoms with van der Waals surface area (Å²) in [6.07, 6.45) is 4.41. The van der Waals surface area contributed by atoms with Crippen LogP contribution in [0.1, 0.15) is 63.4 Å². The Labute approximate surface area is 161 Å². The zero-order valence-electron chi connectivity index (χ0n) is 17.0. The van der Waals surface area contributed by atoms with Gasteiger partial charge in [0.2, 0.25) is 0 Å². The number of hydrogen-bond donors (Lipinski definition) is 2. The molecule has 3 aliphatic heterocycles. The fourth-order valence-corrected chi connectivity index (χ4v) is 4.65. The molecule has 3 fully saturated rings. The number of nitrogens with one attached hydrogen (secondary N) is 2. The van der Waals surface area contributed by atoms with Crippen LogP contribution in [-0.2, 0) is 29.0 Å². The molecule has 5 rings (SSSR count). The lowest BCUT2D eigenvalue weighted by Gasteiger charge is -2.53. The van der Waals surface area contributed by atoms with Gasteiger partial charge in [-0.15, -0.1) is 0 Å². The number of aromatic nitrogens is 2. The van der Waals surface area contributed by atoms with Crippen LogP contribution in [0.15, 0.2) is 0 Å². The van der Waals surface area contributed by atoms with Gasteiger partial charge in [0.05, 0.1) is 30.0 Å². The van der Waals surface area contributed by atoms with E-state index in [9.17, 15) is 4.79 Å². The van der Waals surface area contributed by atoms with E-state index in [1.807, 2.05) is 20.8 Å². The molecule has 4 heterocycles. The number of fused-ring (bicyclic) bond motifs is 4. The number of amides is 1. The van der Waals surface area contributed by atoms with Crippen molar-refractivity contribution in [2.75, 3.05) is 13.2 Å². The van der Waals surface area contributed by atoms with Crippen molar-refractivity contribution >= 4 is 6.09 Å². The molecule has 7 nitrogen and oxygen atoms in total. The SMILES string of the molecule is Cc1nn(CC23CCC(NC(=O)OC(C)(C)C)(CC2)CO3)c2c1CNCC2. The second-order valence-corrected chi connectivity index (χ2v) is 9.47. The van der Waals surface area contributed by atoms with Crippen LogP contribution in [0.3, 0.4) is 0 Å². The average Bonchev–Trinajstić information content (AvgIpc) is 2.91. The predicted octanol–water partition coefficient (Wildman–Crippen LogP) is 2.44. The molecule has 4 aliphatic rings. The maximum Gasteiger partial charge on any atom is 0.408 e. The molecule has 0 aromatic carbocycles. The van der Waals surface area contributed by atoms with Crippen molar-refractivity contribution < 1.29 is 14.3 Å². The van der Waals surface area contributed by atoms with Crippen molar-refractivity contribution in [3.63, 3.8) is 0 Å². The van der Waals surface area contributed by atoms with E-state index >= 15 is 0 Å². The number of alkyl carbamates (subject to hydrolysis) is 1. The number of hydrogen-bond acceptors (Lipinski definition) is 5. The first-order valence-corrected chi connectivity index (χ1v) is 10.1. The third-order valence-electron chi connectivity index (χ3n) is 6.18. The summed E-state index contributed by atoms with van der Waals surface area (Å²) in [5, 5.41) is 11.3. The zero-order chi connectivity index (χ0) is 19.3. The van der Waals surface area contributed by atoms with E-state index in [2.05, 4.69) is 22.2 Å². The molecule has 150 valence electrons. The molecule has 0 radical (unpaired) electrons. The summed E-state index contributed by atoms with van der Waals surface area (Å²) < 4.78 is 14.0. The Bertz CT molecular complexity index is 710. The van der Waals surface area contributed by atoms with Crippen LogP contribution in [-0.4, -0.2) is 45.8 Å². The molecule has 1 aliphatic carbocycles. The lowest BCUT2D eigenvalue weighted by atomic mass is 9.71. The summed E-state index contributed by atoms with van der Waals surface area (Å²) in [6, 6.07) is 0. The summed E-state index contributed by atoms with van der Waals surface area (Å²) in [7, 11) is 0. The Morgan fingerprint density at radius 3 is 2.70 bits per heavy atom. The Morgan fingerprint density at radius 1 is 1.33 bits per heavy atom. The van der Waals surface area contributed by atoms with Gasteiger partial charge in [-0.25, -0.2) is 4.79 Å². The van der Waals surface area contributed by atoms with E-state index in [-0.39, 0.29) is 17.2 Å². The smallest absolute Gasteiger partial charge is 0.408 e. The van der Waals surface area contributed by atoms with Gasteiger partial charge in [0.1, 0.15) is 5.60 Å². The van der Waals surface area contributed by atoms with Crippen LogP contribution in [0.5, 0.6) is 0 Å². The molecule has 1 saturated carbocycles. The monoisotopic (exact) mass is 376 g/mol. The van der Waals surface area contributed by atoms with Crippen LogP contribution in [0.25, 0.3) is 0 Å². The predicted molar refractivity (Wildman–Crippen MR) is 102 cm³/mol. The lowest BCUT2D eigenvalue weighted by Crippen LogP contribution is -2.64. The maximum atomic E-state index is 12.2. The minimum atomic E-state index is -0.486. The summed E-state index contributed by atoms with van der Waals surface area (Å²) >= 11 is 0. The van der Waals surface area contributed by atoms with Crippen molar-refractivity contribution in [1.82, 2.24) is 20.4 Å². The van der Waals surface area contributed by atoms with Gasteiger partial charge in [0.15, 0.2) is 0 Å². The molecular formula is C20H32N4O3. The Hall–Kier alpha value is -1.60. The molecule has 1 aromatic heterocycles. The first kappa shape index (κ1) is 18.7. The molecule has 2 bridgehead atoms. The Kier molecular flexibility index (Phi) is 4.50. The molecule has 0 spiro atoms. The third-order valence-corrected chi connectivity index (χ3v) is 6.18. The second-order valence-electron chi connectivity index (χ2n) is 9.47. The average molecular weight is 377 g/mol. The molecule has 7 heteroatoms. The van der Waals surface area contributed by atoms with Crippen molar-refractivity contribution in [3.05, 3.63) is 17.0 Å². The second kappa shape index (κ2) is 6.48. The van der Waals surface area contributed by atoms with Gasteiger partial charge < -0.3 is 20.1 Å². The van der Waals surface area contributed by atoms with E-state index in [1.54, 1.807) is 0 Å². The summed E-state index contributed by atoms with van der Waals surface area (Å²) in [5.74, 6) is 0. The first-order valence-electron chi connectivity index (χ1n) is 10.1. The largest absolute Gasteiger partial charge is 0.444 e. The maximum absolute atomic E-state index is 12.2. The Morgan fingerprint density at radius 2 is 2.07 bits per heavy atom. The highest BCUT2D eigenvalue weighted by Gasteiger charge is 2.51. The molecular weight excluding hydrogens is 344 g/mol. The number of carbonyl (C=O) groups excluding carboxylic acids is 1. The minimum Gasteiger partial charge on any atom is -0.444 e. The highest BCUT2D eigenvalue weighted by molar-refractivity contribution is 5.69. The van der Waals surface area contributed by atoms with Gasteiger partial charge >= 0.3 is 6.09 Å². The number of nitrogens with zero attached hydrogens (tertiary/aromatic N) is 2. The van der Waals surface area contributed by atoms with Gasteiger partial charge in [-0.3, -0.25) is 4.68 Å². The normalized spacial score (nSPS) is 30.1. The Balaban J connectivity index is 1.42. The van der Waals surface area contributed by atoms with E-state index < -0.39 is 5.60 Å². The van der Waals surface area contributed by atoms with E-state index in [4.69, 9.17) is 14.6 Å². The van der Waals surface area contributed by atoms with Gasteiger partial charge in [-0.05, 0) is 53.4 Å². The molecule has 2 N–H and O–H groups in total. The number of aryl methyl sites for hydroxylation is 1. The molecule has 0 atom stereocenters. The van der Waals surface area contributed by atoms with E-state index in [1.165, 1.54) is 11.3 Å². The molecule has 0 unspecified atom stereocenters. The lowest BCUT2D eigenvalue weighted by molar-refractivity contribution is -0.169. The third kappa shape index (κ3) is 3.72. The number of ether oxygens (including phenoxy) is 2. The summed E-state index contributed by atoms with van der Waals surface area (Å²) in [4.78, 5) is 12.2.